The second-order valence-corrected chi connectivity index (χ2v) is 5.31. The van der Waals surface area contributed by atoms with Gasteiger partial charge in [0.05, 0.1) is 11.3 Å². The number of hydrogen-bond donors (Lipinski definition) is 1. The van der Waals surface area contributed by atoms with Gasteiger partial charge in [0.1, 0.15) is 6.61 Å². The summed E-state index contributed by atoms with van der Waals surface area (Å²) in [6.07, 6.45) is 2.80. The van der Waals surface area contributed by atoms with Gasteiger partial charge in [-0.15, -0.1) is 0 Å². The highest BCUT2D eigenvalue weighted by Crippen LogP contribution is 2.07. The van der Waals surface area contributed by atoms with Crippen molar-refractivity contribution in [1.82, 2.24) is 15.1 Å². The van der Waals surface area contributed by atoms with Crippen molar-refractivity contribution in [2.45, 2.75) is 46.3 Å². The van der Waals surface area contributed by atoms with E-state index in [1.807, 2.05) is 34.0 Å². The lowest BCUT2D eigenvalue weighted by Crippen LogP contribution is -2.31. The molecule has 5 nitrogen and oxygen atoms in total. The fourth-order valence-corrected chi connectivity index (χ4v) is 1.56. The van der Waals surface area contributed by atoms with Gasteiger partial charge < -0.3 is 10.1 Å². The van der Waals surface area contributed by atoms with Gasteiger partial charge in [-0.2, -0.15) is 5.10 Å². The van der Waals surface area contributed by atoms with Gasteiger partial charge in [-0.05, 0) is 27.2 Å². The van der Waals surface area contributed by atoms with Crippen LogP contribution >= 0.6 is 0 Å². The Morgan fingerprint density at radius 3 is 2.72 bits per heavy atom. The van der Waals surface area contributed by atoms with E-state index in [1.54, 1.807) is 4.68 Å². The van der Waals surface area contributed by atoms with Crippen LogP contribution in [0.15, 0.2) is 6.20 Å². The summed E-state index contributed by atoms with van der Waals surface area (Å²) >= 11 is 0. The lowest BCUT2D eigenvalue weighted by atomic mass is 10.2. The summed E-state index contributed by atoms with van der Waals surface area (Å²) in [5.74, 6) is -0.101. The minimum atomic E-state index is -0.291. The molecule has 0 aliphatic carbocycles. The lowest BCUT2D eigenvalue weighted by Gasteiger charge is -2.18. The average Bonchev–Trinajstić information content (AvgIpc) is 2.63. The number of carbonyl (C=O) groups is 1. The maximum absolute atomic E-state index is 11.6. The van der Waals surface area contributed by atoms with E-state index in [4.69, 9.17) is 4.74 Å². The molecule has 1 rings (SSSR count). The Morgan fingerprint density at radius 1 is 1.50 bits per heavy atom. The molecular formula is C13H23N3O2. The molecule has 0 aliphatic heterocycles. The molecule has 1 heterocycles. The smallest absolute Gasteiger partial charge is 0.246 e. The van der Waals surface area contributed by atoms with Crippen LogP contribution in [-0.4, -0.2) is 27.9 Å². The Labute approximate surface area is 109 Å². The minimum absolute atomic E-state index is 0.0885. The summed E-state index contributed by atoms with van der Waals surface area (Å²) < 4.78 is 7.18. The highest BCUT2D eigenvalue weighted by molar-refractivity contribution is 5.77. The van der Waals surface area contributed by atoms with E-state index in [-0.39, 0.29) is 18.1 Å². The van der Waals surface area contributed by atoms with Crippen molar-refractivity contribution in [2.75, 3.05) is 6.61 Å². The fraction of sp³-hybridized carbons (Fsp3) is 0.692. The average molecular weight is 253 g/mol. The van der Waals surface area contributed by atoms with E-state index in [0.29, 0.717) is 6.54 Å². The standard InChI is InChI=1S/C13H23N3O2/c1-6-11-10(8-16(5)15-11)7-14-12(17)9-18-13(2,3)4/h8H,6-7,9H2,1-5H3,(H,14,17). The van der Waals surface area contributed by atoms with Crippen LogP contribution < -0.4 is 5.32 Å². The second-order valence-electron chi connectivity index (χ2n) is 5.31. The molecule has 0 saturated heterocycles. The number of nitrogens with one attached hydrogen (secondary N) is 1. The summed E-state index contributed by atoms with van der Waals surface area (Å²) in [5.41, 5.74) is 1.79. The normalized spacial score (nSPS) is 11.6. The lowest BCUT2D eigenvalue weighted by molar-refractivity contribution is -0.130. The summed E-state index contributed by atoms with van der Waals surface area (Å²) in [6, 6.07) is 0. The molecule has 0 fully saturated rings. The summed E-state index contributed by atoms with van der Waals surface area (Å²) in [6.45, 7) is 8.43. The van der Waals surface area contributed by atoms with Crippen molar-refractivity contribution in [3.8, 4) is 0 Å². The first-order chi connectivity index (χ1) is 8.31. The fourth-order valence-electron chi connectivity index (χ4n) is 1.56. The molecule has 5 heteroatoms. The van der Waals surface area contributed by atoms with Gasteiger partial charge in [-0.1, -0.05) is 6.92 Å². The molecule has 0 atom stereocenters. The number of amides is 1. The minimum Gasteiger partial charge on any atom is -0.366 e. The third kappa shape index (κ3) is 4.87. The first-order valence-electron chi connectivity index (χ1n) is 6.24. The third-order valence-electron chi connectivity index (χ3n) is 2.44. The van der Waals surface area contributed by atoms with Crippen molar-refractivity contribution >= 4 is 5.91 Å². The summed E-state index contributed by atoms with van der Waals surface area (Å²) in [5, 5.41) is 7.17. The van der Waals surface area contributed by atoms with Crippen LogP contribution in [0.25, 0.3) is 0 Å². The largest absolute Gasteiger partial charge is 0.366 e. The van der Waals surface area contributed by atoms with E-state index in [0.717, 1.165) is 17.7 Å². The van der Waals surface area contributed by atoms with Crippen molar-refractivity contribution in [3.05, 3.63) is 17.5 Å². The van der Waals surface area contributed by atoms with E-state index in [9.17, 15) is 4.79 Å². The quantitative estimate of drug-likeness (QED) is 0.863. The predicted octanol–water partition coefficient (Wildman–Crippen LogP) is 1.41. The SMILES string of the molecule is CCc1nn(C)cc1CNC(=O)COC(C)(C)C. The van der Waals surface area contributed by atoms with Gasteiger partial charge >= 0.3 is 0 Å². The van der Waals surface area contributed by atoms with Gasteiger partial charge in [-0.3, -0.25) is 9.48 Å². The van der Waals surface area contributed by atoms with Crippen molar-refractivity contribution in [2.24, 2.45) is 7.05 Å². The molecule has 1 amide bonds. The Kier molecular flexibility index (Phi) is 4.90. The van der Waals surface area contributed by atoms with Crippen LogP contribution in [0.5, 0.6) is 0 Å². The molecule has 0 saturated carbocycles. The van der Waals surface area contributed by atoms with Crippen LogP contribution in [0.2, 0.25) is 0 Å². The number of aromatic nitrogens is 2. The molecule has 0 aromatic carbocycles. The zero-order valence-electron chi connectivity index (χ0n) is 11.9. The molecular weight excluding hydrogens is 230 g/mol. The first-order valence-corrected chi connectivity index (χ1v) is 6.24. The van der Waals surface area contributed by atoms with E-state index in [2.05, 4.69) is 17.3 Å². The Balaban J connectivity index is 2.42. The summed E-state index contributed by atoms with van der Waals surface area (Å²) in [7, 11) is 1.88. The van der Waals surface area contributed by atoms with Gasteiger partial charge in [0.15, 0.2) is 0 Å². The van der Waals surface area contributed by atoms with Crippen molar-refractivity contribution in [1.29, 1.82) is 0 Å². The van der Waals surface area contributed by atoms with Gasteiger partial charge in [0.25, 0.3) is 0 Å². The molecule has 0 aliphatic rings. The molecule has 18 heavy (non-hydrogen) atoms. The zero-order valence-corrected chi connectivity index (χ0v) is 11.9. The van der Waals surface area contributed by atoms with Crippen LogP contribution in [-0.2, 0) is 29.5 Å². The number of aryl methyl sites for hydroxylation is 2. The van der Waals surface area contributed by atoms with Crippen molar-refractivity contribution < 1.29 is 9.53 Å². The van der Waals surface area contributed by atoms with Gasteiger partial charge in [0.2, 0.25) is 5.91 Å². The molecule has 0 bridgehead atoms. The highest BCUT2D eigenvalue weighted by atomic mass is 16.5. The predicted molar refractivity (Wildman–Crippen MR) is 70.1 cm³/mol. The molecule has 0 radical (unpaired) electrons. The maximum atomic E-state index is 11.6. The molecule has 0 spiro atoms. The summed E-state index contributed by atoms with van der Waals surface area (Å²) in [4.78, 5) is 11.6. The molecule has 1 aromatic heterocycles. The van der Waals surface area contributed by atoms with Crippen LogP contribution in [0.4, 0.5) is 0 Å². The molecule has 1 N–H and O–H groups in total. The van der Waals surface area contributed by atoms with Gasteiger partial charge in [-0.25, -0.2) is 0 Å². The number of hydrogen-bond acceptors (Lipinski definition) is 3. The number of rotatable bonds is 5. The molecule has 102 valence electrons. The van der Waals surface area contributed by atoms with Crippen LogP contribution in [0.3, 0.4) is 0 Å². The molecule has 1 aromatic rings. The number of nitrogens with zero attached hydrogens (tertiary/aromatic N) is 2. The Bertz CT molecular complexity index is 405. The highest BCUT2D eigenvalue weighted by Gasteiger charge is 2.13. The van der Waals surface area contributed by atoms with E-state index >= 15 is 0 Å². The second kappa shape index (κ2) is 6.00. The van der Waals surface area contributed by atoms with E-state index in [1.165, 1.54) is 0 Å². The first kappa shape index (κ1) is 14.7. The Morgan fingerprint density at radius 2 is 2.17 bits per heavy atom. The third-order valence-corrected chi connectivity index (χ3v) is 2.44. The topological polar surface area (TPSA) is 56.2 Å². The number of ether oxygens (including phenoxy) is 1. The number of carbonyl (C=O) groups excluding carboxylic acids is 1. The Hall–Kier alpha value is -1.36. The van der Waals surface area contributed by atoms with E-state index < -0.39 is 0 Å². The van der Waals surface area contributed by atoms with Gasteiger partial charge in [0, 0.05) is 25.4 Å². The zero-order chi connectivity index (χ0) is 13.8. The molecule has 0 unspecified atom stereocenters. The van der Waals surface area contributed by atoms with Crippen LogP contribution in [0.1, 0.15) is 39.0 Å². The van der Waals surface area contributed by atoms with Crippen LogP contribution in [0, 0.1) is 0 Å². The monoisotopic (exact) mass is 253 g/mol. The maximum Gasteiger partial charge on any atom is 0.246 e. The van der Waals surface area contributed by atoms with Crippen molar-refractivity contribution in [3.63, 3.8) is 0 Å².